The summed E-state index contributed by atoms with van der Waals surface area (Å²) in [6, 6.07) is 16.1. The first-order valence-electron chi connectivity index (χ1n) is 10.2. The van der Waals surface area contributed by atoms with Crippen molar-refractivity contribution >= 4 is 40.4 Å². The van der Waals surface area contributed by atoms with Gasteiger partial charge in [0.25, 0.3) is 0 Å². The van der Waals surface area contributed by atoms with Gasteiger partial charge in [-0.05, 0) is 50.1 Å². The van der Waals surface area contributed by atoms with Gasteiger partial charge in [0.15, 0.2) is 6.10 Å². The minimum atomic E-state index is -0.923. The predicted molar refractivity (Wildman–Crippen MR) is 124 cm³/mol. The zero-order valence-corrected chi connectivity index (χ0v) is 17.1. The normalized spacial score (nSPS) is 16.1. The van der Waals surface area contributed by atoms with Crippen molar-refractivity contribution in [3.63, 3.8) is 0 Å². The molecule has 3 rings (SSSR count). The Bertz CT molecular complexity index is 800. The third-order valence-electron chi connectivity index (χ3n) is 4.96. The Balaban J connectivity index is 0.00000320. The van der Waals surface area contributed by atoms with E-state index in [1.165, 1.54) is 0 Å². The second-order valence-corrected chi connectivity index (χ2v) is 7.31. The molecule has 6 nitrogen and oxygen atoms in total. The minimum absolute atomic E-state index is 0. The third kappa shape index (κ3) is 6.79. The highest BCUT2D eigenvalue weighted by Crippen LogP contribution is 2.32. The highest BCUT2D eigenvalue weighted by molar-refractivity contribution is 5.75. The van der Waals surface area contributed by atoms with Gasteiger partial charge in [-0.15, -0.1) is 0 Å². The number of nitrogens with zero attached hydrogens (tertiary/aromatic N) is 1. The van der Waals surface area contributed by atoms with Crippen LogP contribution >= 0.6 is 0 Å². The summed E-state index contributed by atoms with van der Waals surface area (Å²) in [5, 5.41) is 12.6. The molecule has 0 aromatic heterocycles. The number of hydrogen-bond donors (Lipinski definition) is 2. The Morgan fingerprint density at radius 1 is 1.27 bits per heavy atom. The average molecular weight is 425 g/mol. The van der Waals surface area contributed by atoms with E-state index in [0.717, 1.165) is 48.7 Å². The number of carboxylic acids is 1. The molecule has 0 bridgehead atoms. The molecule has 0 aliphatic carbocycles. The smallest absolute Gasteiger partial charge is 0.333 e. The molecular weight excluding hydrogens is 393 g/mol. The number of ether oxygens (including phenoxy) is 2. The highest BCUT2D eigenvalue weighted by atomic mass is 24.3. The van der Waals surface area contributed by atoms with E-state index in [9.17, 15) is 9.90 Å². The van der Waals surface area contributed by atoms with Crippen molar-refractivity contribution in [2.75, 3.05) is 36.5 Å². The van der Waals surface area contributed by atoms with Gasteiger partial charge in [0.2, 0.25) is 0 Å². The van der Waals surface area contributed by atoms with E-state index < -0.39 is 12.1 Å². The zero-order chi connectivity index (χ0) is 20.6. The van der Waals surface area contributed by atoms with Crippen LogP contribution in [0.3, 0.4) is 0 Å². The fraction of sp³-hybridized carbons (Fsp3) is 0.435. The van der Waals surface area contributed by atoms with Crippen molar-refractivity contribution in [1.82, 2.24) is 0 Å². The number of rotatable bonds is 10. The molecule has 30 heavy (non-hydrogen) atoms. The van der Waals surface area contributed by atoms with Gasteiger partial charge in [-0.2, -0.15) is 0 Å². The second-order valence-electron chi connectivity index (χ2n) is 7.31. The maximum atomic E-state index is 11.2. The van der Waals surface area contributed by atoms with Crippen LogP contribution in [-0.2, 0) is 16.0 Å². The number of hydrogen-bond acceptors (Lipinski definition) is 5. The molecule has 0 radical (unpaired) electrons. The molecule has 7 heteroatoms. The van der Waals surface area contributed by atoms with Crippen LogP contribution < -0.4 is 15.0 Å². The van der Waals surface area contributed by atoms with Gasteiger partial charge < -0.3 is 24.8 Å². The van der Waals surface area contributed by atoms with Gasteiger partial charge in [0.05, 0.1) is 12.2 Å². The molecule has 2 unspecified atom stereocenters. The van der Waals surface area contributed by atoms with Crippen LogP contribution in [0.25, 0.3) is 0 Å². The van der Waals surface area contributed by atoms with Gasteiger partial charge >= 0.3 is 29.0 Å². The number of anilines is 2. The summed E-state index contributed by atoms with van der Waals surface area (Å²) in [5.41, 5.74) is 3.15. The molecule has 0 amide bonds. The molecule has 2 aromatic rings. The summed E-state index contributed by atoms with van der Waals surface area (Å²) < 4.78 is 11.2. The van der Waals surface area contributed by atoms with E-state index in [1.54, 1.807) is 6.92 Å². The average Bonchev–Trinajstić information content (AvgIpc) is 2.71. The SMILES string of the molecule is CCOC(Cc1ccc(NCCCN2CC(C)Oc3ccccc32)cc1)C(=O)O.[MgH2]. The van der Waals surface area contributed by atoms with Gasteiger partial charge in [-0.3, -0.25) is 0 Å². The molecule has 1 aliphatic heterocycles. The minimum Gasteiger partial charge on any atom is -0.487 e. The number of aliphatic carboxylic acids is 1. The molecule has 1 heterocycles. The van der Waals surface area contributed by atoms with Crippen LogP contribution in [-0.4, -0.2) is 72.6 Å². The van der Waals surface area contributed by atoms with Crippen LogP contribution in [0.15, 0.2) is 48.5 Å². The third-order valence-corrected chi connectivity index (χ3v) is 4.96. The molecule has 0 fully saturated rings. The Kier molecular flexibility index (Phi) is 9.74. The Morgan fingerprint density at radius 3 is 2.70 bits per heavy atom. The first-order valence-corrected chi connectivity index (χ1v) is 10.2. The quantitative estimate of drug-likeness (QED) is 0.451. The standard InChI is InChI=1S/C23H30N2O4.Mg.2H/c1-3-28-22(23(26)27)15-18-9-11-19(12-10-18)24-13-6-14-25-16-17(2)29-21-8-5-4-7-20(21)25;;;/h4-5,7-12,17,22,24H,3,6,13-16H2,1-2H3,(H,26,27);;;. The van der Waals surface area contributed by atoms with E-state index in [4.69, 9.17) is 9.47 Å². The Hall–Kier alpha value is -1.96. The van der Waals surface area contributed by atoms with Crippen LogP contribution in [0.1, 0.15) is 25.8 Å². The number of nitrogens with one attached hydrogen (secondary N) is 1. The number of fused-ring (bicyclic) bond motifs is 1. The van der Waals surface area contributed by atoms with Crippen molar-refractivity contribution in [2.24, 2.45) is 0 Å². The monoisotopic (exact) mass is 424 g/mol. The number of para-hydroxylation sites is 2. The molecule has 0 spiro atoms. The summed E-state index contributed by atoms with van der Waals surface area (Å²) in [5.74, 6) is 0.0366. The lowest BCUT2D eigenvalue weighted by molar-refractivity contribution is -0.149. The lowest BCUT2D eigenvalue weighted by atomic mass is 10.1. The Labute approximate surface area is 194 Å². The van der Waals surface area contributed by atoms with E-state index in [0.29, 0.717) is 13.0 Å². The van der Waals surface area contributed by atoms with Gasteiger partial charge in [-0.25, -0.2) is 4.79 Å². The molecule has 2 atom stereocenters. The van der Waals surface area contributed by atoms with Crippen molar-refractivity contribution in [2.45, 2.75) is 38.9 Å². The Morgan fingerprint density at radius 2 is 2.00 bits per heavy atom. The molecule has 160 valence electrons. The van der Waals surface area contributed by atoms with Gasteiger partial charge in [0, 0.05) is 31.8 Å². The van der Waals surface area contributed by atoms with Crippen molar-refractivity contribution in [3.05, 3.63) is 54.1 Å². The summed E-state index contributed by atoms with van der Waals surface area (Å²) in [6.07, 6.45) is 0.779. The summed E-state index contributed by atoms with van der Waals surface area (Å²) in [7, 11) is 0. The molecule has 0 saturated heterocycles. The topological polar surface area (TPSA) is 71.0 Å². The van der Waals surface area contributed by atoms with Gasteiger partial charge in [-0.1, -0.05) is 24.3 Å². The first kappa shape index (κ1) is 24.3. The van der Waals surface area contributed by atoms with Crippen LogP contribution in [0, 0.1) is 0 Å². The van der Waals surface area contributed by atoms with Gasteiger partial charge in [0.1, 0.15) is 11.9 Å². The van der Waals surface area contributed by atoms with E-state index in [1.807, 2.05) is 42.5 Å². The van der Waals surface area contributed by atoms with E-state index in [-0.39, 0.29) is 29.2 Å². The highest BCUT2D eigenvalue weighted by Gasteiger charge is 2.21. The first-order chi connectivity index (χ1) is 14.1. The second kappa shape index (κ2) is 12.0. The molecule has 2 aromatic carbocycles. The maximum absolute atomic E-state index is 11.2. The summed E-state index contributed by atoms with van der Waals surface area (Å²) in [4.78, 5) is 13.6. The number of benzene rings is 2. The van der Waals surface area contributed by atoms with Crippen molar-refractivity contribution in [1.29, 1.82) is 0 Å². The van der Waals surface area contributed by atoms with Crippen LogP contribution in [0.2, 0.25) is 0 Å². The molecular formula is C23H32MgN2O4. The van der Waals surface area contributed by atoms with Crippen molar-refractivity contribution < 1.29 is 19.4 Å². The molecule has 0 saturated carbocycles. The largest absolute Gasteiger partial charge is 0.487 e. The zero-order valence-electron chi connectivity index (χ0n) is 17.1. The molecule has 2 N–H and O–H groups in total. The van der Waals surface area contributed by atoms with E-state index >= 15 is 0 Å². The predicted octanol–water partition coefficient (Wildman–Crippen LogP) is 2.89. The number of carbonyl (C=O) groups is 1. The fourth-order valence-electron chi connectivity index (χ4n) is 3.59. The lowest BCUT2D eigenvalue weighted by Crippen LogP contribution is -2.39. The summed E-state index contributed by atoms with van der Waals surface area (Å²) in [6.45, 7) is 7.02. The summed E-state index contributed by atoms with van der Waals surface area (Å²) >= 11 is 0. The lowest BCUT2D eigenvalue weighted by Gasteiger charge is -2.35. The van der Waals surface area contributed by atoms with Crippen LogP contribution in [0.4, 0.5) is 11.4 Å². The fourth-order valence-corrected chi connectivity index (χ4v) is 3.59. The number of carboxylic acid groups (broad SMARTS) is 1. The van der Waals surface area contributed by atoms with E-state index in [2.05, 4.69) is 23.2 Å². The maximum Gasteiger partial charge on any atom is 0.333 e. The van der Waals surface area contributed by atoms with Crippen molar-refractivity contribution in [3.8, 4) is 5.75 Å². The molecule has 1 aliphatic rings. The van der Waals surface area contributed by atoms with Crippen LogP contribution in [0.5, 0.6) is 5.75 Å².